The van der Waals surface area contributed by atoms with E-state index in [1.807, 2.05) is 43.3 Å². The SMILES string of the molecule is CCn1cc(NC(=O)c2cc(-c3cccnc3)nc3c(Cl)cccc23)c(C(=O)NCCc2ccccc2)n1. The van der Waals surface area contributed by atoms with Crippen LogP contribution in [0.25, 0.3) is 22.2 Å². The van der Waals surface area contributed by atoms with E-state index in [9.17, 15) is 9.59 Å². The molecule has 8 nitrogen and oxygen atoms in total. The molecule has 0 saturated carbocycles. The summed E-state index contributed by atoms with van der Waals surface area (Å²) < 4.78 is 1.62. The Labute approximate surface area is 224 Å². The Balaban J connectivity index is 1.44. The minimum atomic E-state index is -0.404. The number of para-hydroxylation sites is 1. The maximum Gasteiger partial charge on any atom is 0.273 e. The van der Waals surface area contributed by atoms with Crippen LogP contribution in [-0.2, 0) is 13.0 Å². The number of nitrogens with one attached hydrogen (secondary N) is 2. The largest absolute Gasteiger partial charge is 0.350 e. The average molecular weight is 525 g/mol. The standard InChI is InChI=1S/C29H25ClN6O2/c1-2-36-18-25(27(35-36)29(38)32-15-13-19-8-4-3-5-9-19)34-28(37)22-16-24(20-10-7-14-31-17-20)33-26-21(22)11-6-12-23(26)30/h3-12,14,16-18H,2,13,15H2,1H3,(H,32,38)(H,34,37). The van der Waals surface area contributed by atoms with Gasteiger partial charge in [0.25, 0.3) is 11.8 Å². The molecule has 0 saturated heterocycles. The van der Waals surface area contributed by atoms with Crippen LogP contribution in [-0.4, -0.2) is 38.1 Å². The third-order valence-corrected chi connectivity index (χ3v) is 6.39. The number of carbonyl (C=O) groups excluding carboxylic acids is 2. The Hall–Kier alpha value is -4.56. The maximum atomic E-state index is 13.6. The molecule has 2 N–H and O–H groups in total. The fourth-order valence-corrected chi connectivity index (χ4v) is 4.36. The van der Waals surface area contributed by atoms with Gasteiger partial charge in [-0.05, 0) is 43.2 Å². The van der Waals surface area contributed by atoms with Crippen LogP contribution in [0.3, 0.4) is 0 Å². The molecule has 2 amide bonds. The normalized spacial score (nSPS) is 10.9. The molecule has 0 bridgehead atoms. The second kappa shape index (κ2) is 11.2. The highest BCUT2D eigenvalue weighted by molar-refractivity contribution is 6.35. The van der Waals surface area contributed by atoms with Crippen LogP contribution < -0.4 is 10.6 Å². The number of aryl methyl sites for hydroxylation is 1. The van der Waals surface area contributed by atoms with E-state index in [1.165, 1.54) is 0 Å². The zero-order valence-corrected chi connectivity index (χ0v) is 21.4. The van der Waals surface area contributed by atoms with Gasteiger partial charge in [-0.2, -0.15) is 5.10 Å². The molecule has 0 atom stereocenters. The maximum absolute atomic E-state index is 13.6. The molecular formula is C29H25ClN6O2. The molecule has 0 fully saturated rings. The minimum Gasteiger partial charge on any atom is -0.350 e. The Kier molecular flexibility index (Phi) is 7.42. The number of anilines is 1. The summed E-state index contributed by atoms with van der Waals surface area (Å²) in [4.78, 5) is 35.5. The number of amides is 2. The average Bonchev–Trinajstić information content (AvgIpc) is 3.36. The fraction of sp³-hybridized carbons (Fsp3) is 0.138. The lowest BCUT2D eigenvalue weighted by Gasteiger charge is -2.11. The zero-order valence-electron chi connectivity index (χ0n) is 20.7. The molecule has 0 radical (unpaired) electrons. The van der Waals surface area contributed by atoms with E-state index in [2.05, 4.69) is 25.7 Å². The van der Waals surface area contributed by atoms with Crippen molar-refractivity contribution in [1.82, 2.24) is 25.1 Å². The van der Waals surface area contributed by atoms with E-state index in [-0.39, 0.29) is 11.6 Å². The first-order valence-electron chi connectivity index (χ1n) is 12.2. The second-order valence-corrected chi connectivity index (χ2v) is 9.03. The van der Waals surface area contributed by atoms with E-state index in [4.69, 9.17) is 11.6 Å². The number of fused-ring (bicyclic) bond motifs is 1. The first-order valence-corrected chi connectivity index (χ1v) is 12.6. The number of halogens is 1. The zero-order chi connectivity index (χ0) is 26.5. The predicted octanol–water partition coefficient (Wildman–Crippen LogP) is 5.39. The van der Waals surface area contributed by atoms with Crippen molar-refractivity contribution in [2.75, 3.05) is 11.9 Å². The molecule has 190 valence electrons. The summed E-state index contributed by atoms with van der Waals surface area (Å²) in [6.45, 7) is 2.89. The topological polar surface area (TPSA) is 102 Å². The summed E-state index contributed by atoms with van der Waals surface area (Å²) in [5.41, 5.74) is 3.78. The highest BCUT2D eigenvalue weighted by Gasteiger charge is 2.21. The van der Waals surface area contributed by atoms with Crippen molar-refractivity contribution in [3.8, 4) is 11.3 Å². The van der Waals surface area contributed by atoms with E-state index in [1.54, 1.807) is 53.6 Å². The van der Waals surface area contributed by atoms with Crippen LogP contribution in [0.5, 0.6) is 0 Å². The van der Waals surface area contributed by atoms with Crippen molar-refractivity contribution in [1.29, 1.82) is 0 Å². The lowest BCUT2D eigenvalue weighted by atomic mass is 10.0. The van der Waals surface area contributed by atoms with Gasteiger partial charge in [-0.1, -0.05) is 54.1 Å². The van der Waals surface area contributed by atoms with Crippen LogP contribution in [0.1, 0.15) is 33.3 Å². The highest BCUT2D eigenvalue weighted by Crippen LogP contribution is 2.29. The first-order chi connectivity index (χ1) is 18.5. The van der Waals surface area contributed by atoms with Gasteiger partial charge in [0.05, 0.1) is 27.5 Å². The van der Waals surface area contributed by atoms with Gasteiger partial charge in [0.15, 0.2) is 5.69 Å². The number of benzene rings is 2. The molecule has 0 spiro atoms. The summed E-state index contributed by atoms with van der Waals surface area (Å²) in [6.07, 6.45) is 5.69. The number of nitrogens with zero attached hydrogens (tertiary/aromatic N) is 4. The number of carbonyl (C=O) groups is 2. The van der Waals surface area contributed by atoms with Crippen molar-refractivity contribution in [3.05, 3.63) is 107 Å². The Morgan fingerprint density at radius 2 is 1.84 bits per heavy atom. The van der Waals surface area contributed by atoms with Crippen molar-refractivity contribution in [2.45, 2.75) is 19.9 Å². The molecule has 5 aromatic rings. The molecule has 3 aromatic heterocycles. The Bertz CT molecular complexity index is 1600. The fourth-order valence-electron chi connectivity index (χ4n) is 4.14. The van der Waals surface area contributed by atoms with Crippen LogP contribution in [0.4, 0.5) is 5.69 Å². The van der Waals surface area contributed by atoms with Gasteiger partial charge >= 0.3 is 0 Å². The van der Waals surface area contributed by atoms with Gasteiger partial charge in [0.1, 0.15) is 0 Å². The van der Waals surface area contributed by atoms with E-state index in [0.29, 0.717) is 52.4 Å². The third kappa shape index (κ3) is 5.40. The van der Waals surface area contributed by atoms with Gasteiger partial charge < -0.3 is 10.6 Å². The predicted molar refractivity (Wildman–Crippen MR) is 148 cm³/mol. The Morgan fingerprint density at radius 1 is 1.00 bits per heavy atom. The molecule has 5 rings (SSSR count). The van der Waals surface area contributed by atoms with Gasteiger partial charge in [-0.3, -0.25) is 19.3 Å². The quantitative estimate of drug-likeness (QED) is 0.283. The first kappa shape index (κ1) is 25.1. The monoisotopic (exact) mass is 524 g/mol. The van der Waals surface area contributed by atoms with Crippen LogP contribution in [0.2, 0.25) is 5.02 Å². The molecule has 0 aliphatic rings. The molecule has 3 heterocycles. The van der Waals surface area contributed by atoms with Crippen LogP contribution in [0, 0.1) is 0 Å². The number of pyridine rings is 2. The van der Waals surface area contributed by atoms with Gasteiger partial charge in [0.2, 0.25) is 0 Å². The number of hydrogen-bond donors (Lipinski definition) is 2. The summed E-state index contributed by atoms with van der Waals surface area (Å²) in [7, 11) is 0. The lowest BCUT2D eigenvalue weighted by Crippen LogP contribution is -2.27. The van der Waals surface area contributed by atoms with Crippen molar-refractivity contribution in [2.24, 2.45) is 0 Å². The summed E-state index contributed by atoms with van der Waals surface area (Å²) >= 11 is 6.46. The number of aromatic nitrogens is 4. The highest BCUT2D eigenvalue weighted by atomic mass is 35.5. The van der Waals surface area contributed by atoms with E-state index < -0.39 is 5.91 Å². The van der Waals surface area contributed by atoms with E-state index >= 15 is 0 Å². The third-order valence-electron chi connectivity index (χ3n) is 6.08. The smallest absolute Gasteiger partial charge is 0.273 e. The van der Waals surface area contributed by atoms with Gasteiger partial charge in [-0.25, -0.2) is 4.98 Å². The number of rotatable bonds is 8. The molecular weight excluding hydrogens is 500 g/mol. The van der Waals surface area contributed by atoms with Gasteiger partial charge in [0, 0.05) is 42.6 Å². The molecule has 2 aromatic carbocycles. The molecule has 9 heteroatoms. The van der Waals surface area contributed by atoms with Crippen molar-refractivity contribution >= 4 is 40.0 Å². The van der Waals surface area contributed by atoms with Crippen molar-refractivity contribution in [3.63, 3.8) is 0 Å². The molecule has 0 unspecified atom stereocenters. The Morgan fingerprint density at radius 3 is 2.61 bits per heavy atom. The molecule has 0 aliphatic carbocycles. The minimum absolute atomic E-state index is 0.150. The summed E-state index contributed by atoms with van der Waals surface area (Å²) in [5, 5.41) is 11.2. The van der Waals surface area contributed by atoms with Gasteiger partial charge in [-0.15, -0.1) is 0 Å². The van der Waals surface area contributed by atoms with E-state index in [0.717, 1.165) is 11.1 Å². The lowest BCUT2D eigenvalue weighted by molar-refractivity contribution is 0.0949. The number of hydrogen-bond acceptors (Lipinski definition) is 5. The molecule has 0 aliphatic heterocycles. The van der Waals surface area contributed by atoms with Crippen LogP contribution >= 0.6 is 11.6 Å². The molecule has 38 heavy (non-hydrogen) atoms. The van der Waals surface area contributed by atoms with Crippen molar-refractivity contribution < 1.29 is 9.59 Å². The van der Waals surface area contributed by atoms with Crippen LogP contribution in [0.15, 0.2) is 85.3 Å². The second-order valence-electron chi connectivity index (χ2n) is 8.63. The summed E-state index contributed by atoms with van der Waals surface area (Å²) in [5.74, 6) is -0.763. The summed E-state index contributed by atoms with van der Waals surface area (Å²) in [6, 6.07) is 20.6.